The summed E-state index contributed by atoms with van der Waals surface area (Å²) in [5.74, 6) is 0.499. The molecule has 0 aliphatic carbocycles. The summed E-state index contributed by atoms with van der Waals surface area (Å²) in [5.41, 5.74) is 1.96. The van der Waals surface area contributed by atoms with Gasteiger partial charge < -0.3 is 29.7 Å². The predicted octanol–water partition coefficient (Wildman–Crippen LogP) is 2.84. The van der Waals surface area contributed by atoms with Gasteiger partial charge in [-0.25, -0.2) is 9.69 Å². The number of carbonyl (C=O) groups excluding carboxylic acids is 3. The Morgan fingerprint density at radius 1 is 1.00 bits per heavy atom. The van der Waals surface area contributed by atoms with E-state index in [2.05, 4.69) is 15.5 Å². The predicted molar refractivity (Wildman–Crippen MR) is 131 cm³/mol. The number of amides is 4. The van der Waals surface area contributed by atoms with E-state index in [1.807, 2.05) is 6.07 Å². The molecule has 2 aromatic carbocycles. The summed E-state index contributed by atoms with van der Waals surface area (Å²) >= 11 is 0. The van der Waals surface area contributed by atoms with Crippen LogP contribution in [0.3, 0.4) is 0 Å². The van der Waals surface area contributed by atoms with Gasteiger partial charge in [0.25, 0.3) is 5.91 Å². The molecule has 0 aromatic heterocycles. The third-order valence-electron chi connectivity index (χ3n) is 5.92. The second kappa shape index (κ2) is 10.4. The maximum atomic E-state index is 13.0. The van der Waals surface area contributed by atoms with E-state index in [4.69, 9.17) is 14.2 Å². The van der Waals surface area contributed by atoms with Crippen LogP contribution in [0.25, 0.3) is 6.08 Å². The monoisotopic (exact) mass is 480 g/mol. The molecule has 0 spiro atoms. The third-order valence-corrected chi connectivity index (χ3v) is 5.92. The van der Waals surface area contributed by atoms with E-state index in [1.165, 1.54) is 13.2 Å². The fourth-order valence-corrected chi connectivity index (χ4v) is 4.18. The van der Waals surface area contributed by atoms with Gasteiger partial charge in [0.1, 0.15) is 29.5 Å². The Kier molecular flexibility index (Phi) is 7.09. The Balaban J connectivity index is 1.53. The molecule has 0 bridgehead atoms. The normalized spacial score (nSPS) is 16.5. The van der Waals surface area contributed by atoms with Crippen LogP contribution in [-0.2, 0) is 9.59 Å². The topological polar surface area (TPSA) is 109 Å². The minimum atomic E-state index is -0.684. The van der Waals surface area contributed by atoms with Crippen LogP contribution >= 0.6 is 0 Å². The maximum absolute atomic E-state index is 13.0. The van der Waals surface area contributed by atoms with Gasteiger partial charge in [0.2, 0.25) is 5.91 Å². The number of benzene rings is 2. The van der Waals surface area contributed by atoms with Crippen LogP contribution in [0.1, 0.15) is 18.4 Å². The molecule has 0 atom stereocenters. The van der Waals surface area contributed by atoms with Crippen molar-refractivity contribution in [1.82, 2.24) is 10.2 Å². The average molecular weight is 481 g/mol. The van der Waals surface area contributed by atoms with Gasteiger partial charge in [-0.05, 0) is 37.1 Å². The summed E-state index contributed by atoms with van der Waals surface area (Å²) < 4.78 is 16.4. The number of nitrogens with one attached hydrogen (secondary N) is 2. The number of carbonyl (C=O) groups is 3. The van der Waals surface area contributed by atoms with Crippen molar-refractivity contribution in [2.45, 2.75) is 12.8 Å². The molecule has 4 rings (SSSR count). The maximum Gasteiger partial charge on any atom is 0.329 e. The third kappa shape index (κ3) is 5.01. The molecular weight excluding hydrogens is 452 g/mol. The van der Waals surface area contributed by atoms with Crippen LogP contribution in [0.5, 0.6) is 17.2 Å². The smallest absolute Gasteiger partial charge is 0.329 e. The van der Waals surface area contributed by atoms with Crippen molar-refractivity contribution in [1.29, 1.82) is 0 Å². The van der Waals surface area contributed by atoms with Crippen LogP contribution in [-0.4, -0.2) is 63.7 Å². The first-order valence-corrected chi connectivity index (χ1v) is 11.2. The number of nitrogens with zero attached hydrogens (tertiary/aromatic N) is 2. The molecule has 2 N–H and O–H groups in total. The van der Waals surface area contributed by atoms with E-state index in [-0.39, 0.29) is 5.70 Å². The Morgan fingerprint density at radius 3 is 2.37 bits per heavy atom. The van der Waals surface area contributed by atoms with Gasteiger partial charge in [0, 0.05) is 24.7 Å². The molecule has 0 saturated carbocycles. The number of imide groups is 1. The molecule has 2 saturated heterocycles. The fourth-order valence-electron chi connectivity index (χ4n) is 4.18. The minimum Gasteiger partial charge on any atom is -0.496 e. The van der Waals surface area contributed by atoms with Gasteiger partial charge >= 0.3 is 6.03 Å². The van der Waals surface area contributed by atoms with Crippen molar-refractivity contribution >= 4 is 35.3 Å². The Bertz CT molecular complexity index is 1170. The summed E-state index contributed by atoms with van der Waals surface area (Å²) in [7, 11) is 4.62. The lowest BCUT2D eigenvalue weighted by Gasteiger charge is -2.22. The molecule has 2 heterocycles. The summed E-state index contributed by atoms with van der Waals surface area (Å²) in [6.07, 6.45) is 3.74. The highest BCUT2D eigenvalue weighted by molar-refractivity contribution is 6.16. The molecule has 2 aromatic rings. The summed E-state index contributed by atoms with van der Waals surface area (Å²) in [6, 6.07) is 9.83. The number of ether oxygens (including phenoxy) is 3. The standard InChI is InChI=1S/C25H28N4O6/c1-33-20-9-5-4-8-17(20)26-23(30)15-29-24(31)18(27-25(29)32)12-16-13-22(35-3)19(14-21(16)34-2)28-10-6-7-11-28/h4-5,8-9,12-14H,6-7,10-11,15H2,1-3H3,(H,26,30)(H,27,32)/b18-12+. The molecule has 0 unspecified atom stereocenters. The van der Waals surface area contributed by atoms with Gasteiger partial charge in [0.05, 0.1) is 32.7 Å². The number of hydrogen-bond donors (Lipinski definition) is 2. The molecule has 0 radical (unpaired) electrons. The van der Waals surface area contributed by atoms with E-state index in [9.17, 15) is 14.4 Å². The average Bonchev–Trinajstić information content (AvgIpc) is 3.49. The van der Waals surface area contributed by atoms with Crippen LogP contribution < -0.4 is 29.7 Å². The zero-order chi connectivity index (χ0) is 24.9. The number of hydrogen-bond acceptors (Lipinski definition) is 7. The quantitative estimate of drug-likeness (QED) is 0.442. The lowest BCUT2D eigenvalue weighted by Crippen LogP contribution is -2.38. The van der Waals surface area contributed by atoms with Crippen molar-refractivity contribution in [3.63, 3.8) is 0 Å². The molecule has 2 aliphatic rings. The van der Waals surface area contributed by atoms with Crippen molar-refractivity contribution in [2.75, 3.05) is 51.2 Å². The Labute approximate surface area is 203 Å². The zero-order valence-electron chi connectivity index (χ0n) is 19.9. The van der Waals surface area contributed by atoms with Gasteiger partial charge in [-0.1, -0.05) is 12.1 Å². The van der Waals surface area contributed by atoms with Gasteiger partial charge in [-0.15, -0.1) is 0 Å². The van der Waals surface area contributed by atoms with Crippen molar-refractivity contribution < 1.29 is 28.6 Å². The molecule has 10 heteroatoms. The number of methoxy groups -OCH3 is 3. The number of rotatable bonds is 8. The number of urea groups is 1. The highest BCUT2D eigenvalue weighted by Crippen LogP contribution is 2.38. The molecular formula is C25H28N4O6. The largest absolute Gasteiger partial charge is 0.496 e. The highest BCUT2D eigenvalue weighted by Gasteiger charge is 2.35. The second-order valence-electron chi connectivity index (χ2n) is 8.09. The van der Waals surface area contributed by atoms with Crippen molar-refractivity contribution in [2.24, 2.45) is 0 Å². The van der Waals surface area contributed by atoms with E-state index in [1.54, 1.807) is 44.6 Å². The summed E-state index contributed by atoms with van der Waals surface area (Å²) in [6.45, 7) is 1.41. The van der Waals surface area contributed by atoms with E-state index < -0.39 is 24.4 Å². The van der Waals surface area contributed by atoms with E-state index in [0.29, 0.717) is 28.5 Å². The Morgan fingerprint density at radius 2 is 1.69 bits per heavy atom. The summed E-state index contributed by atoms with van der Waals surface area (Å²) in [5, 5.41) is 5.20. The lowest BCUT2D eigenvalue weighted by atomic mass is 10.1. The first kappa shape index (κ1) is 23.9. The van der Waals surface area contributed by atoms with Crippen LogP contribution in [0.2, 0.25) is 0 Å². The van der Waals surface area contributed by atoms with Crippen molar-refractivity contribution in [3.8, 4) is 17.2 Å². The van der Waals surface area contributed by atoms with Crippen LogP contribution in [0.4, 0.5) is 16.2 Å². The Hall–Kier alpha value is -4.21. The summed E-state index contributed by atoms with van der Waals surface area (Å²) in [4.78, 5) is 41.0. The van der Waals surface area contributed by atoms with E-state index >= 15 is 0 Å². The SMILES string of the molecule is COc1cc(N2CCCC2)c(OC)cc1/C=C1/NC(=O)N(CC(=O)Nc2ccccc2OC)C1=O. The molecule has 184 valence electrons. The van der Waals surface area contributed by atoms with Crippen molar-refractivity contribution in [3.05, 3.63) is 47.7 Å². The first-order chi connectivity index (χ1) is 16.9. The van der Waals surface area contributed by atoms with Crippen LogP contribution in [0.15, 0.2) is 42.1 Å². The lowest BCUT2D eigenvalue weighted by molar-refractivity contribution is -0.127. The van der Waals surface area contributed by atoms with Gasteiger partial charge in [-0.2, -0.15) is 0 Å². The molecule has 35 heavy (non-hydrogen) atoms. The van der Waals surface area contributed by atoms with E-state index in [0.717, 1.165) is 36.5 Å². The zero-order valence-corrected chi connectivity index (χ0v) is 19.9. The second-order valence-corrected chi connectivity index (χ2v) is 8.09. The number of anilines is 2. The first-order valence-electron chi connectivity index (χ1n) is 11.2. The molecule has 2 fully saturated rings. The van der Waals surface area contributed by atoms with Gasteiger partial charge in [0.15, 0.2) is 0 Å². The molecule has 4 amide bonds. The molecule has 2 aliphatic heterocycles. The minimum absolute atomic E-state index is 0.0365. The van der Waals surface area contributed by atoms with Gasteiger partial charge in [-0.3, -0.25) is 9.59 Å². The fraction of sp³-hybridized carbons (Fsp3) is 0.320. The highest BCUT2D eigenvalue weighted by atomic mass is 16.5. The number of para-hydroxylation sites is 2. The molecule has 10 nitrogen and oxygen atoms in total. The van der Waals surface area contributed by atoms with Crippen LogP contribution in [0, 0.1) is 0 Å².